The lowest BCUT2D eigenvalue weighted by atomic mass is 10.1. The molecule has 0 atom stereocenters. The van der Waals surface area contributed by atoms with E-state index in [2.05, 4.69) is 15.9 Å². The van der Waals surface area contributed by atoms with Gasteiger partial charge in [0.1, 0.15) is 0 Å². The average Bonchev–Trinajstić information content (AvgIpc) is 2.27. The van der Waals surface area contributed by atoms with Crippen LogP contribution in [0.4, 0.5) is 0 Å². The number of benzene rings is 1. The van der Waals surface area contributed by atoms with Crippen LogP contribution in [0.1, 0.15) is 22.8 Å². The second-order valence-corrected chi connectivity index (χ2v) is 4.00. The van der Waals surface area contributed by atoms with Crippen molar-refractivity contribution in [3.8, 4) is 0 Å². The maximum Gasteiger partial charge on any atom is 0.277 e. The number of hydrogen-bond acceptors (Lipinski definition) is 2. The molecular formula is C11H14BrNO2. The highest BCUT2D eigenvalue weighted by Crippen LogP contribution is 2.19. The largest absolute Gasteiger partial charge is 0.277 e. The summed E-state index contributed by atoms with van der Waals surface area (Å²) in [5, 5.41) is 1.21. The maximum absolute atomic E-state index is 11.7. The van der Waals surface area contributed by atoms with E-state index < -0.39 is 0 Å². The highest BCUT2D eigenvalue weighted by Gasteiger charge is 2.12. The molecule has 4 heteroatoms. The van der Waals surface area contributed by atoms with E-state index in [1.54, 1.807) is 13.1 Å². The topological polar surface area (TPSA) is 29.5 Å². The number of halogens is 1. The van der Waals surface area contributed by atoms with Gasteiger partial charge in [0, 0.05) is 17.1 Å². The van der Waals surface area contributed by atoms with Crippen molar-refractivity contribution < 1.29 is 9.63 Å². The van der Waals surface area contributed by atoms with Gasteiger partial charge < -0.3 is 0 Å². The lowest BCUT2D eigenvalue weighted by molar-refractivity contribution is -0.0757. The summed E-state index contributed by atoms with van der Waals surface area (Å²) in [6, 6.07) is 5.54. The summed E-state index contributed by atoms with van der Waals surface area (Å²) >= 11 is 3.44. The van der Waals surface area contributed by atoms with Gasteiger partial charge in [-0.1, -0.05) is 22.9 Å². The highest BCUT2D eigenvalue weighted by atomic mass is 79.9. The van der Waals surface area contributed by atoms with Crippen molar-refractivity contribution in [3.63, 3.8) is 0 Å². The van der Waals surface area contributed by atoms with Crippen molar-refractivity contribution in [2.45, 2.75) is 13.3 Å². The Labute approximate surface area is 98.1 Å². The van der Waals surface area contributed by atoms with Crippen LogP contribution < -0.4 is 0 Å². The Morgan fingerprint density at radius 3 is 2.73 bits per heavy atom. The van der Waals surface area contributed by atoms with Gasteiger partial charge in [0.15, 0.2) is 0 Å². The van der Waals surface area contributed by atoms with E-state index in [1.165, 1.54) is 12.2 Å². The van der Waals surface area contributed by atoms with Crippen molar-refractivity contribution in [3.05, 3.63) is 33.8 Å². The van der Waals surface area contributed by atoms with Crippen LogP contribution in [-0.4, -0.2) is 25.1 Å². The zero-order valence-corrected chi connectivity index (χ0v) is 10.7. The number of rotatable bonds is 3. The van der Waals surface area contributed by atoms with Crippen LogP contribution >= 0.6 is 15.9 Å². The quantitative estimate of drug-likeness (QED) is 0.792. The third kappa shape index (κ3) is 2.79. The van der Waals surface area contributed by atoms with Gasteiger partial charge in [-0.3, -0.25) is 9.63 Å². The molecule has 0 bridgehead atoms. The Balaban J connectivity index is 3.01. The molecule has 0 N–H and O–H groups in total. The average molecular weight is 272 g/mol. The highest BCUT2D eigenvalue weighted by molar-refractivity contribution is 9.10. The van der Waals surface area contributed by atoms with E-state index in [9.17, 15) is 4.79 Å². The number of hydroxylamine groups is 2. The molecule has 1 aromatic carbocycles. The summed E-state index contributed by atoms with van der Waals surface area (Å²) in [6.07, 6.45) is 0.887. The van der Waals surface area contributed by atoms with Gasteiger partial charge in [-0.05, 0) is 30.2 Å². The van der Waals surface area contributed by atoms with Gasteiger partial charge in [-0.2, -0.15) is 0 Å². The van der Waals surface area contributed by atoms with E-state index in [4.69, 9.17) is 4.84 Å². The Morgan fingerprint density at radius 1 is 1.53 bits per heavy atom. The van der Waals surface area contributed by atoms with E-state index in [-0.39, 0.29) is 5.91 Å². The van der Waals surface area contributed by atoms with Gasteiger partial charge in [-0.25, -0.2) is 5.06 Å². The zero-order chi connectivity index (χ0) is 11.4. The molecule has 0 heterocycles. The van der Waals surface area contributed by atoms with Crippen LogP contribution in [-0.2, 0) is 11.3 Å². The van der Waals surface area contributed by atoms with Crippen LogP contribution in [0.2, 0.25) is 0 Å². The standard InChI is InChI=1S/C11H14BrNO2/c1-4-8-7-9(5-6-10(8)12)11(14)13(2)15-3/h5-7H,4H2,1-3H3. The maximum atomic E-state index is 11.7. The van der Waals surface area contributed by atoms with Crippen LogP contribution in [0.5, 0.6) is 0 Å². The molecule has 0 spiro atoms. The van der Waals surface area contributed by atoms with Crippen LogP contribution in [0.15, 0.2) is 22.7 Å². The SMILES string of the molecule is CCc1cc(C(=O)N(C)OC)ccc1Br. The molecule has 82 valence electrons. The molecule has 15 heavy (non-hydrogen) atoms. The second-order valence-electron chi connectivity index (χ2n) is 3.14. The Hall–Kier alpha value is -0.870. The third-order valence-corrected chi connectivity index (χ3v) is 3.01. The minimum Gasteiger partial charge on any atom is -0.274 e. The second kappa shape index (κ2) is 5.28. The molecule has 0 unspecified atom stereocenters. The number of aryl methyl sites for hydroxylation is 1. The molecule has 0 aromatic heterocycles. The monoisotopic (exact) mass is 271 g/mol. The summed E-state index contributed by atoms with van der Waals surface area (Å²) in [7, 11) is 3.06. The normalized spacial score (nSPS) is 10.1. The van der Waals surface area contributed by atoms with Crippen molar-refractivity contribution in [2.24, 2.45) is 0 Å². The van der Waals surface area contributed by atoms with Gasteiger partial charge in [-0.15, -0.1) is 0 Å². The number of carbonyl (C=O) groups excluding carboxylic acids is 1. The van der Waals surface area contributed by atoms with Gasteiger partial charge in [0.25, 0.3) is 5.91 Å². The van der Waals surface area contributed by atoms with Crippen LogP contribution in [0.25, 0.3) is 0 Å². The van der Waals surface area contributed by atoms with E-state index >= 15 is 0 Å². The molecule has 0 radical (unpaired) electrons. The van der Waals surface area contributed by atoms with E-state index in [0.29, 0.717) is 5.56 Å². The van der Waals surface area contributed by atoms with Crippen LogP contribution in [0.3, 0.4) is 0 Å². The first-order valence-corrected chi connectivity index (χ1v) is 5.50. The summed E-state index contributed by atoms with van der Waals surface area (Å²) in [6.45, 7) is 2.05. The van der Waals surface area contributed by atoms with Gasteiger partial charge >= 0.3 is 0 Å². The van der Waals surface area contributed by atoms with Gasteiger partial charge in [0.2, 0.25) is 0 Å². The molecule has 1 rings (SSSR count). The number of nitrogens with zero attached hydrogens (tertiary/aromatic N) is 1. The fourth-order valence-corrected chi connectivity index (χ4v) is 1.77. The molecule has 1 amide bonds. The number of carbonyl (C=O) groups is 1. The molecule has 0 saturated carbocycles. The molecular weight excluding hydrogens is 258 g/mol. The smallest absolute Gasteiger partial charge is 0.274 e. The number of hydrogen-bond donors (Lipinski definition) is 0. The minimum atomic E-state index is -0.139. The summed E-state index contributed by atoms with van der Waals surface area (Å²) in [4.78, 5) is 16.6. The molecule has 0 saturated heterocycles. The van der Waals surface area contributed by atoms with E-state index in [0.717, 1.165) is 16.5 Å². The minimum absolute atomic E-state index is 0.139. The first kappa shape index (κ1) is 12.2. The van der Waals surface area contributed by atoms with Crippen molar-refractivity contribution >= 4 is 21.8 Å². The molecule has 1 aromatic rings. The lowest BCUT2D eigenvalue weighted by Crippen LogP contribution is -2.25. The molecule has 0 aliphatic carbocycles. The third-order valence-electron chi connectivity index (χ3n) is 2.23. The lowest BCUT2D eigenvalue weighted by Gasteiger charge is -2.14. The van der Waals surface area contributed by atoms with Crippen molar-refractivity contribution in [2.75, 3.05) is 14.2 Å². The van der Waals surface area contributed by atoms with Crippen molar-refractivity contribution in [1.82, 2.24) is 5.06 Å². The molecule has 0 aliphatic rings. The fourth-order valence-electron chi connectivity index (χ4n) is 1.24. The Bertz CT molecular complexity index is 366. The Morgan fingerprint density at radius 2 is 2.20 bits per heavy atom. The van der Waals surface area contributed by atoms with Gasteiger partial charge in [0.05, 0.1) is 7.11 Å². The number of amides is 1. The molecule has 0 fully saturated rings. The molecule has 3 nitrogen and oxygen atoms in total. The zero-order valence-electron chi connectivity index (χ0n) is 9.08. The van der Waals surface area contributed by atoms with Crippen LogP contribution in [0, 0.1) is 0 Å². The predicted molar refractivity (Wildman–Crippen MR) is 62.6 cm³/mol. The predicted octanol–water partition coefficient (Wildman–Crippen LogP) is 2.64. The summed E-state index contributed by atoms with van der Waals surface area (Å²) < 4.78 is 1.03. The Kier molecular flexibility index (Phi) is 4.29. The summed E-state index contributed by atoms with van der Waals surface area (Å²) in [5.74, 6) is -0.139. The summed E-state index contributed by atoms with van der Waals surface area (Å²) in [5.41, 5.74) is 1.75. The van der Waals surface area contributed by atoms with Crippen molar-refractivity contribution in [1.29, 1.82) is 0 Å². The molecule has 0 aliphatic heterocycles. The fraction of sp³-hybridized carbons (Fsp3) is 0.364. The first-order valence-electron chi connectivity index (χ1n) is 4.70. The van der Waals surface area contributed by atoms with E-state index in [1.807, 2.05) is 19.1 Å². The first-order chi connectivity index (χ1) is 7.10.